The van der Waals surface area contributed by atoms with Gasteiger partial charge in [-0.1, -0.05) is 44.1 Å². The van der Waals surface area contributed by atoms with Gasteiger partial charge in [0.15, 0.2) is 0 Å². The van der Waals surface area contributed by atoms with Crippen molar-refractivity contribution in [1.29, 1.82) is 0 Å². The SMILES string of the molecule is CCCCCC=CCCC=C[C@@H](O)[C@@H](N)CO. The molecule has 0 rings (SSSR count). The predicted octanol–water partition coefficient (Wildman–Crippen LogP) is 2.14. The van der Waals surface area contributed by atoms with Gasteiger partial charge >= 0.3 is 0 Å². The highest BCUT2D eigenvalue weighted by Crippen LogP contribution is 2.02. The Labute approximate surface area is 105 Å². The molecule has 0 aromatic heterocycles. The minimum atomic E-state index is -0.742. The number of hydrogen-bond acceptors (Lipinski definition) is 3. The maximum absolute atomic E-state index is 9.43. The van der Waals surface area contributed by atoms with Crippen molar-refractivity contribution in [3.8, 4) is 0 Å². The zero-order valence-corrected chi connectivity index (χ0v) is 10.9. The fourth-order valence-corrected chi connectivity index (χ4v) is 1.43. The summed E-state index contributed by atoms with van der Waals surface area (Å²) in [4.78, 5) is 0. The first-order chi connectivity index (χ1) is 8.22. The van der Waals surface area contributed by atoms with Gasteiger partial charge in [0, 0.05) is 0 Å². The standard InChI is InChI=1S/C14H27NO2/c1-2-3-4-5-6-7-8-9-10-11-14(17)13(15)12-16/h6-7,10-11,13-14,16-17H,2-5,8-9,12,15H2,1H3/t13-,14+/m0/s1. The summed E-state index contributed by atoms with van der Waals surface area (Å²) in [7, 11) is 0. The molecular weight excluding hydrogens is 214 g/mol. The molecule has 0 aromatic carbocycles. The van der Waals surface area contributed by atoms with Crippen LogP contribution in [0.4, 0.5) is 0 Å². The fraction of sp³-hybridized carbons (Fsp3) is 0.714. The molecule has 3 nitrogen and oxygen atoms in total. The van der Waals surface area contributed by atoms with Gasteiger partial charge in [-0.05, 0) is 25.7 Å². The van der Waals surface area contributed by atoms with Crippen molar-refractivity contribution in [2.75, 3.05) is 6.61 Å². The minimum Gasteiger partial charge on any atom is -0.395 e. The first-order valence-corrected chi connectivity index (χ1v) is 6.58. The molecule has 0 aromatic rings. The third-order valence-corrected chi connectivity index (χ3v) is 2.62. The van der Waals surface area contributed by atoms with Crippen molar-refractivity contribution in [1.82, 2.24) is 0 Å². The van der Waals surface area contributed by atoms with E-state index in [9.17, 15) is 5.11 Å². The summed E-state index contributed by atoms with van der Waals surface area (Å²) in [6.45, 7) is 2.01. The van der Waals surface area contributed by atoms with E-state index in [-0.39, 0.29) is 6.61 Å². The molecule has 0 spiro atoms. The number of rotatable bonds is 10. The number of aliphatic hydroxyl groups is 2. The van der Waals surface area contributed by atoms with Gasteiger partial charge < -0.3 is 15.9 Å². The Hall–Kier alpha value is -0.640. The Balaban J connectivity index is 3.46. The monoisotopic (exact) mass is 241 g/mol. The molecule has 0 aliphatic rings. The van der Waals surface area contributed by atoms with Gasteiger partial charge in [-0.3, -0.25) is 0 Å². The Kier molecular flexibility index (Phi) is 11.4. The molecule has 0 heterocycles. The Morgan fingerprint density at radius 1 is 1.06 bits per heavy atom. The summed E-state index contributed by atoms with van der Waals surface area (Å²) in [5, 5.41) is 18.1. The number of unbranched alkanes of at least 4 members (excludes halogenated alkanes) is 4. The fourth-order valence-electron chi connectivity index (χ4n) is 1.43. The average molecular weight is 241 g/mol. The highest BCUT2D eigenvalue weighted by molar-refractivity contribution is 4.95. The third-order valence-electron chi connectivity index (χ3n) is 2.62. The maximum atomic E-state index is 9.43. The average Bonchev–Trinajstić information content (AvgIpc) is 2.35. The first-order valence-electron chi connectivity index (χ1n) is 6.58. The van der Waals surface area contributed by atoms with Crippen LogP contribution in [0, 0.1) is 0 Å². The van der Waals surface area contributed by atoms with Gasteiger partial charge in [0.2, 0.25) is 0 Å². The first kappa shape index (κ1) is 16.4. The van der Waals surface area contributed by atoms with Crippen molar-refractivity contribution >= 4 is 0 Å². The number of aliphatic hydroxyl groups excluding tert-OH is 2. The van der Waals surface area contributed by atoms with E-state index in [1.807, 2.05) is 6.08 Å². The van der Waals surface area contributed by atoms with E-state index in [0.29, 0.717) is 0 Å². The smallest absolute Gasteiger partial charge is 0.0894 e. The summed E-state index contributed by atoms with van der Waals surface area (Å²) in [5.74, 6) is 0. The van der Waals surface area contributed by atoms with E-state index in [1.165, 1.54) is 19.3 Å². The van der Waals surface area contributed by atoms with E-state index in [1.54, 1.807) is 6.08 Å². The lowest BCUT2D eigenvalue weighted by Gasteiger charge is -2.11. The third kappa shape index (κ3) is 10.2. The van der Waals surface area contributed by atoms with Crippen LogP contribution >= 0.6 is 0 Å². The summed E-state index contributed by atoms with van der Waals surface area (Å²) in [5.41, 5.74) is 5.46. The highest BCUT2D eigenvalue weighted by Gasteiger charge is 2.08. The normalized spacial score (nSPS) is 15.8. The van der Waals surface area contributed by atoms with Crippen molar-refractivity contribution in [3.05, 3.63) is 24.3 Å². The topological polar surface area (TPSA) is 66.5 Å². The quantitative estimate of drug-likeness (QED) is 0.405. The van der Waals surface area contributed by atoms with Crippen molar-refractivity contribution in [2.45, 2.75) is 57.6 Å². The van der Waals surface area contributed by atoms with Crippen LogP contribution in [-0.2, 0) is 0 Å². The zero-order chi connectivity index (χ0) is 12.9. The van der Waals surface area contributed by atoms with Crippen LogP contribution in [0.3, 0.4) is 0 Å². The molecule has 17 heavy (non-hydrogen) atoms. The van der Waals surface area contributed by atoms with Crippen LogP contribution in [0.25, 0.3) is 0 Å². The van der Waals surface area contributed by atoms with Crippen molar-refractivity contribution in [2.24, 2.45) is 5.73 Å². The Morgan fingerprint density at radius 2 is 1.71 bits per heavy atom. The van der Waals surface area contributed by atoms with Crippen molar-refractivity contribution in [3.63, 3.8) is 0 Å². The molecule has 0 fully saturated rings. The molecule has 0 radical (unpaired) electrons. The van der Waals surface area contributed by atoms with Gasteiger partial charge in [0.05, 0.1) is 18.8 Å². The van der Waals surface area contributed by atoms with Gasteiger partial charge in [-0.15, -0.1) is 0 Å². The van der Waals surface area contributed by atoms with Crippen LogP contribution < -0.4 is 5.73 Å². The van der Waals surface area contributed by atoms with Crippen LogP contribution in [0.15, 0.2) is 24.3 Å². The van der Waals surface area contributed by atoms with Gasteiger partial charge in [-0.2, -0.15) is 0 Å². The van der Waals surface area contributed by atoms with Crippen LogP contribution in [-0.4, -0.2) is 29.0 Å². The second-order valence-corrected chi connectivity index (χ2v) is 4.31. The predicted molar refractivity (Wildman–Crippen MR) is 72.7 cm³/mol. The van der Waals surface area contributed by atoms with Gasteiger partial charge in [0.25, 0.3) is 0 Å². The highest BCUT2D eigenvalue weighted by atomic mass is 16.3. The number of nitrogens with two attached hydrogens (primary N) is 1. The summed E-state index contributed by atoms with van der Waals surface area (Å²) in [6, 6.07) is -0.573. The Morgan fingerprint density at radius 3 is 2.35 bits per heavy atom. The molecular formula is C14H27NO2. The molecule has 0 saturated heterocycles. The molecule has 0 aliphatic carbocycles. The Bertz CT molecular complexity index is 214. The summed E-state index contributed by atoms with van der Waals surface area (Å²) >= 11 is 0. The molecule has 0 saturated carbocycles. The van der Waals surface area contributed by atoms with E-state index in [0.717, 1.165) is 19.3 Å². The molecule has 0 unspecified atom stereocenters. The van der Waals surface area contributed by atoms with Gasteiger partial charge in [-0.25, -0.2) is 0 Å². The van der Waals surface area contributed by atoms with E-state index in [2.05, 4.69) is 19.1 Å². The molecule has 100 valence electrons. The molecule has 2 atom stereocenters. The van der Waals surface area contributed by atoms with E-state index >= 15 is 0 Å². The lowest BCUT2D eigenvalue weighted by molar-refractivity contribution is 0.144. The maximum Gasteiger partial charge on any atom is 0.0894 e. The van der Waals surface area contributed by atoms with Crippen LogP contribution in [0.2, 0.25) is 0 Å². The van der Waals surface area contributed by atoms with Crippen LogP contribution in [0.5, 0.6) is 0 Å². The van der Waals surface area contributed by atoms with E-state index in [4.69, 9.17) is 10.8 Å². The second kappa shape index (κ2) is 11.8. The van der Waals surface area contributed by atoms with Gasteiger partial charge in [0.1, 0.15) is 0 Å². The minimum absolute atomic E-state index is 0.192. The summed E-state index contributed by atoms with van der Waals surface area (Å²) < 4.78 is 0. The van der Waals surface area contributed by atoms with Crippen LogP contribution in [0.1, 0.15) is 45.4 Å². The summed E-state index contributed by atoms with van der Waals surface area (Å²) in [6.07, 6.45) is 14.1. The lowest BCUT2D eigenvalue weighted by atomic mass is 10.1. The zero-order valence-electron chi connectivity index (χ0n) is 10.9. The lowest BCUT2D eigenvalue weighted by Crippen LogP contribution is -2.36. The largest absolute Gasteiger partial charge is 0.395 e. The van der Waals surface area contributed by atoms with Crippen molar-refractivity contribution < 1.29 is 10.2 Å². The molecule has 3 heteroatoms. The number of allylic oxidation sites excluding steroid dienone is 3. The molecule has 0 amide bonds. The molecule has 0 aliphatic heterocycles. The molecule has 0 bridgehead atoms. The molecule has 4 N–H and O–H groups in total. The second-order valence-electron chi connectivity index (χ2n) is 4.31. The van der Waals surface area contributed by atoms with E-state index < -0.39 is 12.1 Å². The number of hydrogen-bond donors (Lipinski definition) is 3.